The molecule has 1 saturated heterocycles. The van der Waals surface area contributed by atoms with Crippen molar-refractivity contribution in [2.75, 3.05) is 20.3 Å². The lowest BCUT2D eigenvalue weighted by atomic mass is 10.1. The number of nitrogens with zero attached hydrogens (tertiary/aromatic N) is 1. The number of thioether (sulfide) groups is 1. The molecule has 0 atom stereocenters. The molecular weight excluding hydrogens is 553 g/mol. The van der Waals surface area contributed by atoms with Crippen LogP contribution in [0.25, 0.3) is 6.08 Å². The summed E-state index contributed by atoms with van der Waals surface area (Å²) in [5.41, 5.74) is 1.01. The summed E-state index contributed by atoms with van der Waals surface area (Å²) in [4.78, 5) is 38.7. The molecule has 1 aliphatic heterocycles. The smallest absolute Gasteiger partial charge is 0.293 e. The van der Waals surface area contributed by atoms with Gasteiger partial charge in [-0.3, -0.25) is 19.3 Å². The molecule has 31 heavy (non-hydrogen) atoms. The molecule has 2 aromatic carbocycles. The van der Waals surface area contributed by atoms with Crippen LogP contribution < -0.4 is 9.47 Å². The number of ketones is 1. The van der Waals surface area contributed by atoms with Gasteiger partial charge in [0.25, 0.3) is 11.1 Å². The number of methoxy groups -OCH3 is 1. The zero-order valence-corrected chi connectivity index (χ0v) is 19.9. The number of ether oxygens (including phenoxy) is 2. The Labute approximate surface area is 202 Å². The van der Waals surface area contributed by atoms with E-state index in [0.717, 1.165) is 20.2 Å². The number of amides is 2. The van der Waals surface area contributed by atoms with Crippen molar-refractivity contribution in [3.8, 4) is 23.8 Å². The summed E-state index contributed by atoms with van der Waals surface area (Å²) >= 11 is 8.68. The molecule has 0 N–H and O–H groups in total. The van der Waals surface area contributed by atoms with Crippen LogP contribution in [0.4, 0.5) is 4.79 Å². The van der Waals surface area contributed by atoms with Gasteiger partial charge in [-0.25, -0.2) is 0 Å². The van der Waals surface area contributed by atoms with Crippen LogP contribution in [0.5, 0.6) is 11.5 Å². The molecule has 1 aliphatic rings. The van der Waals surface area contributed by atoms with Crippen molar-refractivity contribution in [3.63, 3.8) is 0 Å². The number of rotatable bonds is 7. The lowest BCUT2D eigenvalue weighted by molar-refractivity contribution is -0.122. The van der Waals surface area contributed by atoms with Crippen LogP contribution in [0, 0.1) is 15.9 Å². The van der Waals surface area contributed by atoms with Crippen molar-refractivity contribution in [1.29, 1.82) is 0 Å². The SMILES string of the molecule is C#CCOc1c(I)cc(/C=C2/SC(=O)N(CC(=O)c3ccc(Cl)cc3)C2=O)cc1OC. The van der Waals surface area contributed by atoms with Crippen molar-refractivity contribution in [3.05, 3.63) is 61.0 Å². The first-order chi connectivity index (χ1) is 14.8. The maximum absolute atomic E-state index is 12.8. The van der Waals surface area contributed by atoms with Crippen molar-refractivity contribution >= 4 is 69.0 Å². The molecular formula is C22H15ClINO5S. The molecule has 2 aromatic rings. The molecule has 2 amide bonds. The third-order valence-electron chi connectivity index (χ3n) is 4.19. The molecule has 0 radical (unpaired) electrons. The second-order valence-electron chi connectivity index (χ2n) is 6.22. The van der Waals surface area contributed by atoms with Gasteiger partial charge in [0.1, 0.15) is 6.61 Å². The average Bonchev–Trinajstić information content (AvgIpc) is 3.00. The number of Topliss-reactive ketones (excluding diaryl/α,β-unsaturated/α-hetero) is 1. The molecule has 9 heteroatoms. The van der Waals surface area contributed by atoms with E-state index in [1.807, 2.05) is 0 Å². The van der Waals surface area contributed by atoms with E-state index in [0.29, 0.717) is 27.6 Å². The van der Waals surface area contributed by atoms with Crippen LogP contribution in [-0.4, -0.2) is 42.1 Å². The second kappa shape index (κ2) is 10.2. The van der Waals surface area contributed by atoms with E-state index in [4.69, 9.17) is 27.5 Å². The van der Waals surface area contributed by atoms with Gasteiger partial charge in [-0.15, -0.1) is 6.42 Å². The Balaban J connectivity index is 1.81. The molecule has 0 aliphatic carbocycles. The largest absolute Gasteiger partial charge is 0.493 e. The standard InChI is InChI=1S/C22H15ClINO5S/c1-3-8-30-20-16(24)9-13(10-18(20)29-2)11-19-21(27)25(22(28)31-19)12-17(26)14-4-6-15(23)7-5-14/h1,4-7,9-11H,8,12H2,2H3/b19-11+. The fraction of sp³-hybridized carbons (Fsp3) is 0.136. The maximum atomic E-state index is 12.8. The molecule has 3 rings (SSSR count). The Morgan fingerprint density at radius 1 is 1.29 bits per heavy atom. The van der Waals surface area contributed by atoms with Gasteiger partial charge in [0, 0.05) is 10.6 Å². The minimum absolute atomic E-state index is 0.0895. The lowest BCUT2D eigenvalue weighted by Gasteiger charge is -2.12. The predicted molar refractivity (Wildman–Crippen MR) is 128 cm³/mol. The van der Waals surface area contributed by atoms with Gasteiger partial charge >= 0.3 is 0 Å². The first kappa shape index (κ1) is 23.2. The zero-order chi connectivity index (χ0) is 22.5. The number of imide groups is 1. The summed E-state index contributed by atoms with van der Waals surface area (Å²) in [5.74, 6) is 2.46. The second-order valence-corrected chi connectivity index (χ2v) is 8.82. The quantitative estimate of drug-likeness (QED) is 0.205. The van der Waals surface area contributed by atoms with E-state index in [-0.39, 0.29) is 23.8 Å². The Morgan fingerprint density at radius 3 is 2.65 bits per heavy atom. The van der Waals surface area contributed by atoms with Crippen LogP contribution in [0.15, 0.2) is 41.3 Å². The highest BCUT2D eigenvalue weighted by Crippen LogP contribution is 2.37. The van der Waals surface area contributed by atoms with E-state index < -0.39 is 11.1 Å². The Bertz CT molecular complexity index is 1120. The molecule has 158 valence electrons. The van der Waals surface area contributed by atoms with Gasteiger partial charge in [0.05, 0.1) is 22.1 Å². The summed E-state index contributed by atoms with van der Waals surface area (Å²) in [7, 11) is 1.49. The van der Waals surface area contributed by atoms with Gasteiger partial charge in [-0.05, 0) is 82.4 Å². The molecule has 1 heterocycles. The number of halogens is 2. The minimum Gasteiger partial charge on any atom is -0.493 e. The van der Waals surface area contributed by atoms with E-state index >= 15 is 0 Å². The Hall–Kier alpha value is -2.48. The number of benzene rings is 2. The average molecular weight is 568 g/mol. The number of carbonyl (C=O) groups is 3. The summed E-state index contributed by atoms with van der Waals surface area (Å²) in [5, 5.41) is -0.0133. The third-order valence-corrected chi connectivity index (χ3v) is 6.15. The van der Waals surface area contributed by atoms with Gasteiger partial charge < -0.3 is 9.47 Å². The van der Waals surface area contributed by atoms with Crippen LogP contribution in [-0.2, 0) is 4.79 Å². The lowest BCUT2D eigenvalue weighted by Crippen LogP contribution is -2.33. The fourth-order valence-electron chi connectivity index (χ4n) is 2.74. The monoisotopic (exact) mass is 567 g/mol. The molecule has 0 unspecified atom stereocenters. The highest BCUT2D eigenvalue weighted by Gasteiger charge is 2.36. The number of terminal acetylenes is 1. The molecule has 0 aromatic heterocycles. The molecule has 0 saturated carbocycles. The van der Waals surface area contributed by atoms with E-state index in [1.165, 1.54) is 7.11 Å². The topological polar surface area (TPSA) is 72.9 Å². The molecule has 6 nitrogen and oxygen atoms in total. The van der Waals surface area contributed by atoms with Gasteiger partial charge in [0.15, 0.2) is 17.3 Å². The van der Waals surface area contributed by atoms with E-state index in [9.17, 15) is 14.4 Å². The van der Waals surface area contributed by atoms with Crippen molar-refractivity contribution in [2.45, 2.75) is 0 Å². The van der Waals surface area contributed by atoms with Crippen LogP contribution in [0.1, 0.15) is 15.9 Å². The normalized spacial score (nSPS) is 14.6. The van der Waals surface area contributed by atoms with Crippen LogP contribution >= 0.6 is 46.0 Å². The van der Waals surface area contributed by atoms with Crippen LogP contribution in [0.2, 0.25) is 5.02 Å². The third kappa shape index (κ3) is 5.42. The Kier molecular flexibility index (Phi) is 7.64. The number of carbonyl (C=O) groups excluding carboxylic acids is 3. The van der Waals surface area contributed by atoms with Crippen molar-refractivity contribution in [2.24, 2.45) is 0 Å². The predicted octanol–water partition coefficient (Wildman–Crippen LogP) is 4.88. The number of hydrogen-bond donors (Lipinski definition) is 0. The van der Waals surface area contributed by atoms with Gasteiger partial charge in [0.2, 0.25) is 0 Å². The fourth-order valence-corrected chi connectivity index (χ4v) is 4.48. The highest BCUT2D eigenvalue weighted by atomic mass is 127. The van der Waals surface area contributed by atoms with Crippen LogP contribution in [0.3, 0.4) is 0 Å². The molecule has 1 fully saturated rings. The van der Waals surface area contributed by atoms with E-state index in [2.05, 4.69) is 28.5 Å². The number of hydrogen-bond acceptors (Lipinski definition) is 6. The summed E-state index contributed by atoms with van der Waals surface area (Å²) in [6.07, 6.45) is 6.82. The summed E-state index contributed by atoms with van der Waals surface area (Å²) in [6, 6.07) is 9.72. The minimum atomic E-state index is -0.529. The summed E-state index contributed by atoms with van der Waals surface area (Å²) < 4.78 is 11.6. The van der Waals surface area contributed by atoms with Gasteiger partial charge in [-0.2, -0.15) is 0 Å². The maximum Gasteiger partial charge on any atom is 0.293 e. The zero-order valence-electron chi connectivity index (χ0n) is 16.2. The molecule has 0 spiro atoms. The first-order valence-corrected chi connectivity index (χ1v) is 11.1. The van der Waals surface area contributed by atoms with Crippen molar-refractivity contribution in [1.82, 2.24) is 4.90 Å². The first-order valence-electron chi connectivity index (χ1n) is 8.82. The molecule has 0 bridgehead atoms. The Morgan fingerprint density at radius 2 is 2.00 bits per heavy atom. The van der Waals surface area contributed by atoms with Crippen molar-refractivity contribution < 1.29 is 23.9 Å². The summed E-state index contributed by atoms with van der Waals surface area (Å²) in [6.45, 7) is -0.254. The van der Waals surface area contributed by atoms with E-state index in [1.54, 1.807) is 42.5 Å². The highest BCUT2D eigenvalue weighted by molar-refractivity contribution is 14.1. The van der Waals surface area contributed by atoms with Gasteiger partial charge in [-0.1, -0.05) is 17.5 Å².